The van der Waals surface area contributed by atoms with Gasteiger partial charge in [0.2, 0.25) is 12.4 Å². The largest absolute Gasteiger partial charge is 0.389 e. The molecule has 9 heteroatoms. The first-order chi connectivity index (χ1) is 12.0. The van der Waals surface area contributed by atoms with E-state index < -0.39 is 23.8 Å². The average Bonchev–Trinajstić information content (AvgIpc) is 2.85. The summed E-state index contributed by atoms with van der Waals surface area (Å²) in [5, 5.41) is 17.2. The predicted octanol–water partition coefficient (Wildman–Crippen LogP) is 2.12. The van der Waals surface area contributed by atoms with Crippen molar-refractivity contribution in [3.8, 4) is 0 Å². The van der Waals surface area contributed by atoms with Gasteiger partial charge in [-0.15, -0.1) is 5.10 Å². The number of hydrogen-bond donors (Lipinski definition) is 2. The Bertz CT molecular complexity index is 778. The maximum absolute atomic E-state index is 14.2. The van der Waals surface area contributed by atoms with E-state index >= 15 is 0 Å². The number of anilines is 1. The van der Waals surface area contributed by atoms with Crippen LogP contribution in [-0.2, 0) is 10.2 Å². The van der Waals surface area contributed by atoms with E-state index in [4.69, 9.17) is 4.74 Å². The van der Waals surface area contributed by atoms with E-state index in [1.807, 2.05) is 0 Å². The van der Waals surface area contributed by atoms with Crippen LogP contribution in [0.25, 0.3) is 5.52 Å². The molecule has 0 spiro atoms. The van der Waals surface area contributed by atoms with Crippen molar-refractivity contribution in [3.05, 3.63) is 23.8 Å². The van der Waals surface area contributed by atoms with Crippen molar-refractivity contribution in [2.45, 2.75) is 49.7 Å². The van der Waals surface area contributed by atoms with E-state index in [1.165, 1.54) is 10.7 Å². The molecule has 0 unspecified atom stereocenters. The van der Waals surface area contributed by atoms with Gasteiger partial charge in [-0.25, -0.2) is 22.7 Å². The van der Waals surface area contributed by atoms with E-state index in [0.717, 1.165) is 6.07 Å². The van der Waals surface area contributed by atoms with Crippen LogP contribution in [-0.4, -0.2) is 51.5 Å². The van der Waals surface area contributed by atoms with E-state index in [9.17, 15) is 18.3 Å². The fourth-order valence-corrected chi connectivity index (χ4v) is 3.57. The Hall–Kier alpha value is -1.87. The Morgan fingerprint density at radius 1 is 1.40 bits per heavy atom. The first-order valence-electron chi connectivity index (χ1n) is 8.36. The van der Waals surface area contributed by atoms with Crippen LogP contribution in [0.1, 0.15) is 31.4 Å². The van der Waals surface area contributed by atoms with Gasteiger partial charge in [-0.2, -0.15) is 0 Å². The molecular formula is C16H19F3N4O2. The summed E-state index contributed by atoms with van der Waals surface area (Å²) in [7, 11) is 0. The molecule has 0 amide bonds. The first kappa shape index (κ1) is 16.6. The summed E-state index contributed by atoms with van der Waals surface area (Å²) in [6, 6.07) is 0.838. The Balaban J connectivity index is 1.71. The number of nitrogens with zero attached hydrogens (tertiary/aromatic N) is 3. The Morgan fingerprint density at radius 2 is 2.20 bits per heavy atom. The zero-order chi connectivity index (χ0) is 17.6. The molecule has 4 rings (SSSR count). The summed E-state index contributed by atoms with van der Waals surface area (Å²) in [4.78, 5) is 4.06. The smallest absolute Gasteiger partial charge is 0.249 e. The van der Waals surface area contributed by atoms with Gasteiger partial charge in [-0.05, 0) is 25.3 Å². The van der Waals surface area contributed by atoms with Crippen LogP contribution in [0.5, 0.6) is 0 Å². The SMILES string of the molecule is O[C@@H]1COCC[C@H]1Nc1ncc2c(F)cc(C3(C(F)F)CCC3)n2n1. The summed E-state index contributed by atoms with van der Waals surface area (Å²) in [6.07, 6.45) is -0.156. The van der Waals surface area contributed by atoms with Gasteiger partial charge < -0.3 is 15.2 Å². The molecule has 3 heterocycles. The molecule has 2 N–H and O–H groups in total. The zero-order valence-corrected chi connectivity index (χ0v) is 13.5. The quantitative estimate of drug-likeness (QED) is 0.878. The molecular weight excluding hydrogens is 337 g/mol. The topological polar surface area (TPSA) is 71.7 Å². The molecule has 2 aromatic rings. The molecule has 0 bridgehead atoms. The third-order valence-electron chi connectivity index (χ3n) is 5.28. The number of aromatic nitrogens is 3. The van der Waals surface area contributed by atoms with Crippen LogP contribution in [0.2, 0.25) is 0 Å². The number of fused-ring (bicyclic) bond motifs is 1. The number of nitrogens with one attached hydrogen (secondary N) is 1. The maximum atomic E-state index is 14.2. The Labute approximate surface area is 142 Å². The molecule has 0 aromatic carbocycles. The highest BCUT2D eigenvalue weighted by Gasteiger charge is 2.49. The summed E-state index contributed by atoms with van der Waals surface area (Å²) in [5.74, 6) is -0.446. The van der Waals surface area contributed by atoms with Gasteiger partial charge in [0.25, 0.3) is 0 Å². The summed E-state index contributed by atoms with van der Waals surface area (Å²) in [5.41, 5.74) is -1.10. The second kappa shape index (κ2) is 6.14. The zero-order valence-electron chi connectivity index (χ0n) is 13.5. The molecule has 2 fully saturated rings. The standard InChI is InChI=1S/C16H19F3N4O2/c17-9-6-13(16(14(18)19)3-1-4-16)23-11(9)7-20-15(22-23)21-10-2-5-25-8-12(10)24/h6-7,10,12,14,24H,1-5,8H2,(H,21,22)/t10-,12-/m1/s1. The van der Waals surface area contributed by atoms with Crippen LogP contribution in [0.4, 0.5) is 19.1 Å². The number of rotatable bonds is 4. The highest BCUT2D eigenvalue weighted by atomic mass is 19.3. The van der Waals surface area contributed by atoms with E-state index in [1.54, 1.807) is 0 Å². The third-order valence-corrected chi connectivity index (χ3v) is 5.28. The predicted molar refractivity (Wildman–Crippen MR) is 83.3 cm³/mol. The lowest BCUT2D eigenvalue weighted by molar-refractivity contribution is -0.0136. The minimum absolute atomic E-state index is 0.0694. The monoisotopic (exact) mass is 356 g/mol. The minimum Gasteiger partial charge on any atom is -0.389 e. The lowest BCUT2D eigenvalue weighted by Crippen LogP contribution is -2.43. The molecule has 1 saturated carbocycles. The molecule has 1 aliphatic heterocycles. The second-order valence-electron chi connectivity index (χ2n) is 6.75. The van der Waals surface area contributed by atoms with Crippen molar-refractivity contribution in [2.75, 3.05) is 18.5 Å². The second-order valence-corrected chi connectivity index (χ2v) is 6.75. The number of halogens is 3. The summed E-state index contributed by atoms with van der Waals surface area (Å²) in [6.45, 7) is 0.701. The van der Waals surface area contributed by atoms with Crippen molar-refractivity contribution < 1.29 is 23.0 Å². The number of hydrogen-bond acceptors (Lipinski definition) is 5. The molecule has 6 nitrogen and oxygen atoms in total. The molecule has 2 atom stereocenters. The van der Waals surface area contributed by atoms with Crippen molar-refractivity contribution in [1.29, 1.82) is 0 Å². The van der Waals surface area contributed by atoms with Gasteiger partial charge in [0.1, 0.15) is 5.52 Å². The van der Waals surface area contributed by atoms with Crippen molar-refractivity contribution in [3.63, 3.8) is 0 Å². The maximum Gasteiger partial charge on any atom is 0.249 e. The number of aliphatic hydroxyl groups is 1. The lowest BCUT2D eigenvalue weighted by Gasteiger charge is -2.40. The Morgan fingerprint density at radius 3 is 2.84 bits per heavy atom. The number of aliphatic hydroxyl groups excluding tert-OH is 1. The molecule has 25 heavy (non-hydrogen) atoms. The third kappa shape index (κ3) is 2.65. The van der Waals surface area contributed by atoms with Gasteiger partial charge in [-0.1, -0.05) is 6.42 Å². The van der Waals surface area contributed by atoms with Crippen LogP contribution >= 0.6 is 0 Å². The Kier molecular flexibility index (Phi) is 4.07. The molecule has 1 saturated heterocycles. The van der Waals surface area contributed by atoms with Crippen LogP contribution in [0.3, 0.4) is 0 Å². The van der Waals surface area contributed by atoms with E-state index in [2.05, 4.69) is 15.4 Å². The minimum atomic E-state index is -2.58. The van der Waals surface area contributed by atoms with Crippen LogP contribution < -0.4 is 5.32 Å². The fraction of sp³-hybridized carbons (Fsp3) is 0.625. The van der Waals surface area contributed by atoms with Gasteiger partial charge in [0.05, 0.1) is 36.1 Å². The normalized spacial score (nSPS) is 26.0. The number of alkyl halides is 2. The van der Waals surface area contributed by atoms with Crippen LogP contribution in [0.15, 0.2) is 12.3 Å². The van der Waals surface area contributed by atoms with E-state index in [-0.39, 0.29) is 29.8 Å². The highest BCUT2D eigenvalue weighted by Crippen LogP contribution is 2.48. The molecule has 2 aromatic heterocycles. The molecule has 2 aliphatic rings. The summed E-state index contributed by atoms with van der Waals surface area (Å²) >= 11 is 0. The lowest BCUT2D eigenvalue weighted by atomic mass is 9.67. The molecule has 1 aliphatic carbocycles. The summed E-state index contributed by atoms with van der Waals surface area (Å²) < 4.78 is 47.9. The van der Waals surface area contributed by atoms with Gasteiger partial charge in [0.15, 0.2) is 5.82 Å². The van der Waals surface area contributed by atoms with Gasteiger partial charge in [-0.3, -0.25) is 0 Å². The van der Waals surface area contributed by atoms with Gasteiger partial charge in [0, 0.05) is 6.61 Å². The molecule has 136 valence electrons. The molecule has 0 radical (unpaired) electrons. The fourth-order valence-electron chi connectivity index (χ4n) is 3.57. The van der Waals surface area contributed by atoms with Crippen molar-refractivity contribution in [2.24, 2.45) is 0 Å². The van der Waals surface area contributed by atoms with E-state index in [0.29, 0.717) is 32.3 Å². The van der Waals surface area contributed by atoms with Crippen molar-refractivity contribution in [1.82, 2.24) is 14.6 Å². The van der Waals surface area contributed by atoms with Gasteiger partial charge >= 0.3 is 0 Å². The highest BCUT2D eigenvalue weighted by molar-refractivity contribution is 5.51. The number of ether oxygens (including phenoxy) is 1. The van der Waals surface area contributed by atoms with Crippen LogP contribution in [0, 0.1) is 5.82 Å². The van der Waals surface area contributed by atoms with Crippen molar-refractivity contribution >= 4 is 11.5 Å². The first-order valence-corrected chi connectivity index (χ1v) is 8.36. The average molecular weight is 356 g/mol.